The summed E-state index contributed by atoms with van der Waals surface area (Å²) in [5, 5.41) is 0.680. The van der Waals surface area contributed by atoms with Gasteiger partial charge in [-0.1, -0.05) is 29.8 Å². The minimum absolute atomic E-state index is 0.105. The van der Waals surface area contributed by atoms with Gasteiger partial charge in [0.25, 0.3) is 5.91 Å². The summed E-state index contributed by atoms with van der Waals surface area (Å²) in [5.41, 5.74) is 2.48. The Bertz CT molecular complexity index is 930. The van der Waals surface area contributed by atoms with Crippen molar-refractivity contribution in [3.05, 3.63) is 88.7 Å². The molecule has 0 atom stereocenters. The maximum Gasteiger partial charge on any atom is 0.254 e. The first-order valence-electron chi connectivity index (χ1n) is 8.76. The molecule has 3 rings (SSSR count). The number of carbonyl (C=O) groups excluding carboxylic acids is 1. The van der Waals surface area contributed by atoms with E-state index in [2.05, 4.69) is 4.98 Å². The van der Waals surface area contributed by atoms with Crippen molar-refractivity contribution in [1.82, 2.24) is 9.88 Å². The van der Waals surface area contributed by atoms with Crippen LogP contribution in [-0.2, 0) is 13.2 Å². The zero-order valence-corrected chi connectivity index (χ0v) is 16.5. The molecule has 0 saturated carbocycles. The lowest BCUT2D eigenvalue weighted by Crippen LogP contribution is -2.26. The van der Waals surface area contributed by atoms with Gasteiger partial charge in [0.2, 0.25) is 0 Å². The van der Waals surface area contributed by atoms with Gasteiger partial charge in [0.15, 0.2) is 11.5 Å². The van der Waals surface area contributed by atoms with Gasteiger partial charge >= 0.3 is 0 Å². The van der Waals surface area contributed by atoms with Crippen LogP contribution < -0.4 is 9.47 Å². The molecule has 0 aliphatic carbocycles. The first-order chi connectivity index (χ1) is 13.6. The molecular weight excluding hydrogens is 376 g/mol. The Morgan fingerprint density at radius 2 is 1.86 bits per heavy atom. The van der Waals surface area contributed by atoms with Crippen molar-refractivity contribution in [3.8, 4) is 11.5 Å². The molecule has 144 valence electrons. The Hall–Kier alpha value is -3.05. The molecule has 1 heterocycles. The molecule has 0 aliphatic rings. The lowest BCUT2D eigenvalue weighted by Gasteiger charge is -2.18. The molecule has 0 radical (unpaired) electrons. The van der Waals surface area contributed by atoms with Gasteiger partial charge in [-0.2, -0.15) is 0 Å². The van der Waals surface area contributed by atoms with Crippen molar-refractivity contribution in [2.75, 3.05) is 14.2 Å². The van der Waals surface area contributed by atoms with Gasteiger partial charge in [0, 0.05) is 36.6 Å². The van der Waals surface area contributed by atoms with E-state index < -0.39 is 0 Å². The summed E-state index contributed by atoms with van der Waals surface area (Å²) in [6.45, 7) is 0.853. The summed E-state index contributed by atoms with van der Waals surface area (Å²) >= 11 is 5.90. The second-order valence-corrected chi connectivity index (χ2v) is 6.74. The van der Waals surface area contributed by atoms with Crippen LogP contribution in [0.1, 0.15) is 21.5 Å². The van der Waals surface area contributed by atoms with E-state index in [0.717, 1.165) is 11.1 Å². The molecule has 5 nitrogen and oxygen atoms in total. The Labute approximate surface area is 169 Å². The van der Waals surface area contributed by atoms with Gasteiger partial charge in [0.1, 0.15) is 6.61 Å². The Morgan fingerprint density at radius 3 is 2.54 bits per heavy atom. The van der Waals surface area contributed by atoms with Crippen molar-refractivity contribution in [3.63, 3.8) is 0 Å². The van der Waals surface area contributed by atoms with E-state index in [1.165, 1.54) is 0 Å². The van der Waals surface area contributed by atoms with Gasteiger partial charge < -0.3 is 14.4 Å². The third kappa shape index (κ3) is 5.02. The zero-order chi connectivity index (χ0) is 19.9. The molecule has 1 aromatic heterocycles. The number of nitrogens with zero attached hydrogens (tertiary/aromatic N) is 2. The van der Waals surface area contributed by atoms with E-state index in [4.69, 9.17) is 21.1 Å². The van der Waals surface area contributed by atoms with Crippen molar-refractivity contribution in [2.24, 2.45) is 0 Å². The van der Waals surface area contributed by atoms with Gasteiger partial charge in [-0.05, 0) is 47.5 Å². The Morgan fingerprint density at radius 1 is 1.07 bits per heavy atom. The van der Waals surface area contributed by atoms with Crippen molar-refractivity contribution in [1.29, 1.82) is 0 Å². The van der Waals surface area contributed by atoms with E-state index in [9.17, 15) is 4.79 Å². The topological polar surface area (TPSA) is 51.7 Å². The number of carbonyl (C=O) groups is 1. The number of rotatable bonds is 7. The predicted molar refractivity (Wildman–Crippen MR) is 109 cm³/mol. The van der Waals surface area contributed by atoms with E-state index in [1.807, 2.05) is 36.4 Å². The minimum atomic E-state index is -0.105. The number of amides is 1. The van der Waals surface area contributed by atoms with Crippen LogP contribution in [-0.4, -0.2) is 29.9 Å². The molecule has 0 N–H and O–H groups in total. The first kappa shape index (κ1) is 19.7. The van der Waals surface area contributed by atoms with E-state index in [0.29, 0.717) is 35.2 Å². The number of benzene rings is 2. The number of ether oxygens (including phenoxy) is 2. The number of aromatic nitrogens is 1. The summed E-state index contributed by atoms with van der Waals surface area (Å²) in [5.74, 6) is 0.977. The van der Waals surface area contributed by atoms with Crippen molar-refractivity contribution < 1.29 is 14.3 Å². The second kappa shape index (κ2) is 9.24. The van der Waals surface area contributed by atoms with Crippen LogP contribution in [0.5, 0.6) is 11.5 Å². The third-order valence-corrected chi connectivity index (χ3v) is 4.46. The van der Waals surface area contributed by atoms with Crippen LogP contribution in [0, 0.1) is 0 Å². The highest BCUT2D eigenvalue weighted by atomic mass is 35.5. The van der Waals surface area contributed by atoms with Crippen LogP contribution in [0.15, 0.2) is 67.0 Å². The third-order valence-electron chi connectivity index (χ3n) is 4.21. The monoisotopic (exact) mass is 396 g/mol. The molecule has 1 amide bonds. The summed E-state index contributed by atoms with van der Waals surface area (Å²) in [6.07, 6.45) is 3.46. The smallest absolute Gasteiger partial charge is 0.254 e. The van der Waals surface area contributed by atoms with Crippen LogP contribution in [0.25, 0.3) is 0 Å². The zero-order valence-electron chi connectivity index (χ0n) is 15.8. The van der Waals surface area contributed by atoms with E-state index >= 15 is 0 Å². The Kier molecular flexibility index (Phi) is 6.50. The lowest BCUT2D eigenvalue weighted by molar-refractivity contribution is 0.0784. The van der Waals surface area contributed by atoms with Gasteiger partial charge in [-0.15, -0.1) is 0 Å². The standard InChI is InChI=1S/C22H21ClN2O3/c1-25(14-17-4-3-11-24-13-17)22(26)18-7-10-20(21(12-18)27-2)28-15-16-5-8-19(23)9-6-16/h3-13H,14-15H2,1-2H3. The number of pyridine rings is 1. The van der Waals surface area contributed by atoms with Gasteiger partial charge in [-0.3, -0.25) is 9.78 Å². The molecule has 28 heavy (non-hydrogen) atoms. The van der Waals surface area contributed by atoms with E-state index in [-0.39, 0.29) is 5.91 Å². The van der Waals surface area contributed by atoms with Crippen LogP contribution >= 0.6 is 11.6 Å². The summed E-state index contributed by atoms with van der Waals surface area (Å²) in [4.78, 5) is 18.5. The van der Waals surface area contributed by atoms with Gasteiger partial charge in [0.05, 0.1) is 7.11 Å². The number of hydrogen-bond acceptors (Lipinski definition) is 4. The highest BCUT2D eigenvalue weighted by molar-refractivity contribution is 6.30. The van der Waals surface area contributed by atoms with Crippen LogP contribution in [0.3, 0.4) is 0 Å². The van der Waals surface area contributed by atoms with Crippen LogP contribution in [0.4, 0.5) is 0 Å². The number of hydrogen-bond donors (Lipinski definition) is 0. The quantitative estimate of drug-likeness (QED) is 0.586. The molecule has 0 fully saturated rings. The van der Waals surface area contributed by atoms with E-state index in [1.54, 1.807) is 49.7 Å². The molecule has 0 spiro atoms. The van der Waals surface area contributed by atoms with Crippen molar-refractivity contribution >= 4 is 17.5 Å². The fourth-order valence-electron chi connectivity index (χ4n) is 2.72. The largest absolute Gasteiger partial charge is 0.493 e. The maximum atomic E-state index is 12.7. The Balaban J connectivity index is 1.69. The average Bonchev–Trinajstić information content (AvgIpc) is 2.73. The molecule has 0 unspecified atom stereocenters. The summed E-state index contributed by atoms with van der Waals surface area (Å²) in [6, 6.07) is 16.4. The van der Waals surface area contributed by atoms with Crippen LogP contribution in [0.2, 0.25) is 5.02 Å². The van der Waals surface area contributed by atoms with Crippen molar-refractivity contribution in [2.45, 2.75) is 13.2 Å². The first-order valence-corrected chi connectivity index (χ1v) is 9.14. The molecule has 6 heteroatoms. The fourth-order valence-corrected chi connectivity index (χ4v) is 2.85. The molecule has 0 bridgehead atoms. The summed E-state index contributed by atoms with van der Waals surface area (Å²) < 4.78 is 11.3. The van der Waals surface area contributed by atoms with Gasteiger partial charge in [-0.25, -0.2) is 0 Å². The highest BCUT2D eigenvalue weighted by Crippen LogP contribution is 2.29. The lowest BCUT2D eigenvalue weighted by atomic mass is 10.1. The SMILES string of the molecule is COc1cc(C(=O)N(C)Cc2cccnc2)ccc1OCc1ccc(Cl)cc1. The maximum absolute atomic E-state index is 12.7. The number of halogens is 1. The molecule has 2 aromatic carbocycles. The average molecular weight is 397 g/mol. The highest BCUT2D eigenvalue weighted by Gasteiger charge is 2.15. The molecule has 0 saturated heterocycles. The molecule has 0 aliphatic heterocycles. The minimum Gasteiger partial charge on any atom is -0.493 e. The molecular formula is C22H21ClN2O3. The predicted octanol–water partition coefficient (Wildman–Crippen LogP) is 4.59. The number of methoxy groups -OCH3 is 1. The molecule has 3 aromatic rings. The summed E-state index contributed by atoms with van der Waals surface area (Å²) in [7, 11) is 3.31. The fraction of sp³-hybridized carbons (Fsp3) is 0.182. The second-order valence-electron chi connectivity index (χ2n) is 6.30. The normalized spacial score (nSPS) is 10.4.